The van der Waals surface area contributed by atoms with Crippen molar-refractivity contribution in [2.45, 2.75) is 6.61 Å². The van der Waals surface area contributed by atoms with Gasteiger partial charge in [0, 0.05) is 0 Å². The summed E-state index contributed by atoms with van der Waals surface area (Å²) in [5.74, 6) is 0.200. The number of ether oxygens (including phenoxy) is 1. The summed E-state index contributed by atoms with van der Waals surface area (Å²) in [7, 11) is 0. The number of hydrogen-bond acceptors (Lipinski definition) is 8. The molecule has 0 unspecified atom stereocenters. The molecular weight excluding hydrogens is 312 g/mol. The van der Waals surface area contributed by atoms with Crippen LogP contribution in [0, 0.1) is 0 Å². The number of para-hydroxylation sites is 2. The van der Waals surface area contributed by atoms with Crippen LogP contribution in [0.5, 0.6) is 0 Å². The Morgan fingerprint density at radius 2 is 1.96 bits per heavy atom. The third-order valence-corrected chi connectivity index (χ3v) is 3.18. The second-order valence-corrected chi connectivity index (χ2v) is 4.80. The van der Waals surface area contributed by atoms with Crippen LogP contribution in [0.4, 0.5) is 0 Å². The Balaban J connectivity index is 1.46. The Labute approximate surface area is 135 Å². The van der Waals surface area contributed by atoms with Crippen LogP contribution < -0.4 is 0 Å². The van der Waals surface area contributed by atoms with Gasteiger partial charge in [0.2, 0.25) is 0 Å². The average Bonchev–Trinajstić information content (AvgIpc) is 3.30. The van der Waals surface area contributed by atoms with Crippen molar-refractivity contribution < 1.29 is 18.4 Å². The molecule has 1 aromatic carbocycles. The molecule has 0 atom stereocenters. The summed E-state index contributed by atoms with van der Waals surface area (Å²) in [5, 5.41) is 7.62. The van der Waals surface area contributed by atoms with Crippen LogP contribution >= 0.6 is 0 Å². The van der Waals surface area contributed by atoms with E-state index >= 15 is 0 Å². The third-order valence-electron chi connectivity index (χ3n) is 3.18. The number of fused-ring (bicyclic) bond motifs is 1. The molecule has 118 valence electrons. The summed E-state index contributed by atoms with van der Waals surface area (Å²) in [6.45, 7) is -0.166. The minimum Gasteiger partial charge on any atom is -0.459 e. The topological polar surface area (TPSA) is 104 Å². The number of carbonyl (C=O) groups excluding carboxylic acids is 1. The van der Waals surface area contributed by atoms with Crippen LogP contribution in [-0.2, 0) is 11.3 Å². The van der Waals surface area contributed by atoms with Gasteiger partial charge in [-0.05, 0) is 24.3 Å². The first kappa shape index (κ1) is 14.1. The van der Waals surface area contributed by atoms with Crippen LogP contribution in [0.3, 0.4) is 0 Å². The van der Waals surface area contributed by atoms with Gasteiger partial charge in [0.25, 0.3) is 11.8 Å². The lowest BCUT2D eigenvalue weighted by molar-refractivity contribution is 0.0431. The quantitative estimate of drug-likeness (QED) is 0.528. The van der Waals surface area contributed by atoms with Gasteiger partial charge in [-0.2, -0.15) is 0 Å². The largest absolute Gasteiger partial charge is 0.459 e. The van der Waals surface area contributed by atoms with Crippen LogP contribution in [0.25, 0.3) is 22.7 Å². The van der Waals surface area contributed by atoms with Gasteiger partial charge >= 0.3 is 5.97 Å². The molecule has 4 aromatic rings. The van der Waals surface area contributed by atoms with Crippen LogP contribution in [0.15, 0.2) is 57.7 Å². The van der Waals surface area contributed by atoms with Crippen molar-refractivity contribution in [1.82, 2.24) is 20.2 Å². The van der Waals surface area contributed by atoms with E-state index in [1.54, 1.807) is 18.2 Å². The van der Waals surface area contributed by atoms with Gasteiger partial charge in [-0.25, -0.2) is 9.78 Å². The zero-order valence-electron chi connectivity index (χ0n) is 12.2. The van der Waals surface area contributed by atoms with Gasteiger partial charge < -0.3 is 13.6 Å². The minimum atomic E-state index is -0.619. The summed E-state index contributed by atoms with van der Waals surface area (Å²) in [5.41, 5.74) is 1.43. The van der Waals surface area contributed by atoms with Gasteiger partial charge in [0.05, 0.1) is 23.5 Å². The first-order chi connectivity index (χ1) is 11.8. The van der Waals surface area contributed by atoms with Gasteiger partial charge in [-0.1, -0.05) is 12.1 Å². The predicted octanol–water partition coefficient (Wildman–Crippen LogP) is 2.63. The highest BCUT2D eigenvalue weighted by molar-refractivity contribution is 5.89. The maximum Gasteiger partial charge on any atom is 0.359 e. The maximum absolute atomic E-state index is 12.1. The van der Waals surface area contributed by atoms with Gasteiger partial charge in [0.1, 0.15) is 0 Å². The molecule has 0 radical (unpaired) electrons. The lowest BCUT2D eigenvalue weighted by atomic mass is 10.3. The van der Waals surface area contributed by atoms with E-state index in [1.165, 1.54) is 12.5 Å². The minimum absolute atomic E-state index is 0.111. The number of hydrogen-bond donors (Lipinski definition) is 0. The lowest BCUT2D eigenvalue weighted by Gasteiger charge is -2.02. The second-order valence-electron chi connectivity index (χ2n) is 4.80. The second kappa shape index (κ2) is 5.92. The lowest BCUT2D eigenvalue weighted by Crippen LogP contribution is -2.08. The zero-order chi connectivity index (χ0) is 16.4. The smallest absolute Gasteiger partial charge is 0.359 e. The van der Waals surface area contributed by atoms with Crippen molar-refractivity contribution >= 4 is 17.0 Å². The number of carbonyl (C=O) groups is 1. The van der Waals surface area contributed by atoms with Gasteiger partial charge in [-0.15, -0.1) is 10.2 Å². The van der Waals surface area contributed by atoms with Crippen molar-refractivity contribution in [3.63, 3.8) is 0 Å². The molecule has 0 spiro atoms. The molecule has 0 saturated heterocycles. The molecule has 0 saturated carbocycles. The number of aromatic nitrogens is 4. The zero-order valence-corrected chi connectivity index (χ0v) is 12.2. The summed E-state index contributed by atoms with van der Waals surface area (Å²) in [6.07, 6.45) is 2.87. The fourth-order valence-corrected chi connectivity index (χ4v) is 2.07. The molecule has 0 N–H and O–H groups in total. The number of esters is 1. The van der Waals surface area contributed by atoms with E-state index in [1.807, 2.05) is 18.2 Å². The average molecular weight is 322 g/mol. The first-order valence-electron chi connectivity index (χ1n) is 7.05. The van der Waals surface area contributed by atoms with Crippen LogP contribution in [0.2, 0.25) is 0 Å². The van der Waals surface area contributed by atoms with Gasteiger partial charge in [-0.3, -0.25) is 4.98 Å². The molecule has 0 fully saturated rings. The Morgan fingerprint density at radius 1 is 1.08 bits per heavy atom. The molecule has 0 aliphatic heterocycles. The van der Waals surface area contributed by atoms with Gasteiger partial charge in [0.15, 0.2) is 18.1 Å². The predicted molar refractivity (Wildman–Crippen MR) is 80.7 cm³/mol. The Bertz CT molecular complexity index is 994. The standard InChI is InChI=1S/C16H10N4O4/c21-16(12-8-17-10-4-1-2-5-11(10)18-12)23-9-14-19-20-15(24-14)13-6-3-7-22-13/h1-8H,9H2. The molecule has 24 heavy (non-hydrogen) atoms. The fourth-order valence-electron chi connectivity index (χ4n) is 2.07. The van der Waals surface area contributed by atoms with Crippen molar-refractivity contribution in [2.75, 3.05) is 0 Å². The van der Waals surface area contributed by atoms with E-state index in [9.17, 15) is 4.79 Å². The molecule has 0 bridgehead atoms. The highest BCUT2D eigenvalue weighted by Crippen LogP contribution is 2.18. The SMILES string of the molecule is O=C(OCc1nnc(-c2ccco2)o1)c1cnc2ccccc2n1. The normalized spacial score (nSPS) is 10.8. The molecule has 3 aromatic heterocycles. The molecule has 8 nitrogen and oxygen atoms in total. The van der Waals surface area contributed by atoms with Crippen molar-refractivity contribution in [3.05, 3.63) is 60.4 Å². The van der Waals surface area contributed by atoms with E-state index in [4.69, 9.17) is 13.6 Å². The molecule has 0 aliphatic carbocycles. The van der Waals surface area contributed by atoms with Crippen LogP contribution in [0.1, 0.15) is 16.4 Å². The highest BCUT2D eigenvalue weighted by Gasteiger charge is 2.15. The third kappa shape index (κ3) is 2.72. The number of furan rings is 1. The molecule has 0 amide bonds. The monoisotopic (exact) mass is 322 g/mol. The van der Waals surface area contributed by atoms with Crippen LogP contribution in [-0.4, -0.2) is 26.1 Å². The summed E-state index contributed by atoms with van der Waals surface area (Å²) >= 11 is 0. The first-order valence-corrected chi connectivity index (χ1v) is 7.05. The van der Waals surface area contributed by atoms with E-state index in [0.717, 1.165) is 0 Å². The molecule has 8 heteroatoms. The van der Waals surface area contributed by atoms with Crippen molar-refractivity contribution in [2.24, 2.45) is 0 Å². The van der Waals surface area contributed by atoms with E-state index < -0.39 is 5.97 Å². The summed E-state index contributed by atoms with van der Waals surface area (Å²) in [4.78, 5) is 20.4. The molecule has 3 heterocycles. The molecular formula is C16H10N4O4. The summed E-state index contributed by atoms with van der Waals surface area (Å²) < 4.78 is 15.6. The Hall–Kier alpha value is -3.55. The van der Waals surface area contributed by atoms with E-state index in [2.05, 4.69) is 20.2 Å². The summed E-state index contributed by atoms with van der Waals surface area (Å²) in [6, 6.07) is 10.6. The fraction of sp³-hybridized carbons (Fsp3) is 0.0625. The molecule has 0 aliphatic rings. The number of nitrogens with zero attached hydrogens (tertiary/aromatic N) is 4. The molecule has 4 rings (SSSR count). The van der Waals surface area contributed by atoms with E-state index in [-0.39, 0.29) is 24.1 Å². The van der Waals surface area contributed by atoms with Crippen molar-refractivity contribution in [1.29, 1.82) is 0 Å². The van der Waals surface area contributed by atoms with E-state index in [0.29, 0.717) is 16.8 Å². The number of benzene rings is 1. The highest BCUT2D eigenvalue weighted by atomic mass is 16.5. The maximum atomic E-state index is 12.1. The van der Waals surface area contributed by atoms with Crippen molar-refractivity contribution in [3.8, 4) is 11.7 Å². The number of rotatable bonds is 4. The Kier molecular flexibility index (Phi) is 3.47. The Morgan fingerprint density at radius 3 is 2.79 bits per heavy atom.